The molecule has 0 radical (unpaired) electrons. The molecule has 0 bridgehead atoms. The van der Waals surface area contributed by atoms with Gasteiger partial charge in [-0.05, 0) is 91.6 Å². The minimum absolute atomic E-state index is 0.0625. The number of esters is 1. The van der Waals surface area contributed by atoms with E-state index in [4.69, 9.17) is 9.47 Å². The summed E-state index contributed by atoms with van der Waals surface area (Å²) in [6.07, 6.45) is 0. The lowest BCUT2D eigenvalue weighted by Crippen LogP contribution is -2.32. The smallest absolute Gasteiger partial charge is 0.338 e. The third kappa shape index (κ3) is 7.34. The zero-order chi connectivity index (χ0) is 33.9. The number of imide groups is 1. The molecule has 2 N–H and O–H groups in total. The average molecular weight is 672 g/mol. The number of rotatable bonds is 11. The van der Waals surface area contributed by atoms with Crippen LogP contribution in [-0.2, 0) is 30.1 Å². The van der Waals surface area contributed by atoms with Crippen molar-refractivity contribution in [2.45, 2.75) is 31.4 Å². The van der Waals surface area contributed by atoms with E-state index in [0.717, 1.165) is 33.4 Å². The highest BCUT2D eigenvalue weighted by atomic mass is 32.2. The molecule has 0 fully saturated rings. The van der Waals surface area contributed by atoms with Crippen LogP contribution in [-0.4, -0.2) is 40.4 Å². The summed E-state index contributed by atoms with van der Waals surface area (Å²) in [7, 11) is -1.22. The third-order valence-electron chi connectivity index (χ3n) is 7.50. The fourth-order valence-electron chi connectivity index (χ4n) is 4.98. The van der Waals surface area contributed by atoms with Gasteiger partial charge in [0.1, 0.15) is 16.4 Å². The van der Waals surface area contributed by atoms with Crippen LogP contribution in [0, 0.1) is 20.8 Å². The number of nitrogens with one attached hydrogen (secondary N) is 2. The second-order valence-electron chi connectivity index (χ2n) is 10.9. The summed E-state index contributed by atoms with van der Waals surface area (Å²) >= 11 is 1.04. The maximum absolute atomic E-state index is 14.0. The molecule has 0 aliphatic carbocycles. The number of hydrogen-bond donors (Lipinski definition) is 2. The van der Waals surface area contributed by atoms with Crippen LogP contribution in [0.3, 0.4) is 0 Å². The second-order valence-corrected chi connectivity index (χ2v) is 13.7. The summed E-state index contributed by atoms with van der Waals surface area (Å²) in [6, 6.07) is 23.6. The van der Waals surface area contributed by atoms with Gasteiger partial charge in [-0.25, -0.2) is 18.1 Å². The number of nitrogens with zero attached hydrogens (tertiary/aromatic N) is 1. The number of ether oxygens (including phenoxy) is 2. The van der Waals surface area contributed by atoms with E-state index >= 15 is 0 Å². The lowest BCUT2D eigenvalue weighted by atomic mass is 10.1. The largest absolute Gasteiger partial charge is 0.495 e. The van der Waals surface area contributed by atoms with Crippen molar-refractivity contribution in [2.75, 3.05) is 29.2 Å². The molecule has 10 nitrogen and oxygen atoms in total. The minimum Gasteiger partial charge on any atom is -0.495 e. The Morgan fingerprint density at radius 2 is 1.62 bits per heavy atom. The Bertz CT molecular complexity index is 2040. The standard InChI is InChI=1S/C35H33N3O7S2/c1-21-13-16-30(44-4)29(17-21)36-31-32(34(40)38(33(31)39)26-15-14-22(2)23(3)18-26)46-27-11-8-10-25(19-27)37-47(42,43)20-24-9-6-7-12-28(24)35(41)45-5/h6-19,36-37H,20H2,1-5H3. The van der Waals surface area contributed by atoms with E-state index in [2.05, 4.69) is 10.0 Å². The number of benzene rings is 4. The van der Waals surface area contributed by atoms with Gasteiger partial charge in [0.05, 0.1) is 36.9 Å². The normalized spacial score (nSPS) is 13.2. The van der Waals surface area contributed by atoms with Crippen molar-refractivity contribution < 1.29 is 32.3 Å². The van der Waals surface area contributed by atoms with Crippen LogP contribution in [0.15, 0.2) is 100 Å². The lowest BCUT2D eigenvalue weighted by molar-refractivity contribution is -0.120. The minimum atomic E-state index is -3.97. The SMILES string of the molecule is COC(=O)c1ccccc1CS(=O)(=O)Nc1cccc(SC2=C(Nc3cc(C)ccc3OC)C(=O)N(c3ccc(C)c(C)c3)C2=O)c1. The van der Waals surface area contributed by atoms with Gasteiger partial charge in [-0.2, -0.15) is 0 Å². The Morgan fingerprint density at radius 3 is 2.34 bits per heavy atom. The van der Waals surface area contributed by atoms with Gasteiger partial charge in [0, 0.05) is 10.6 Å². The van der Waals surface area contributed by atoms with E-state index in [-0.39, 0.29) is 27.4 Å². The van der Waals surface area contributed by atoms with Crippen LogP contribution in [0.1, 0.15) is 32.6 Å². The highest BCUT2D eigenvalue weighted by molar-refractivity contribution is 8.04. The number of carbonyl (C=O) groups excluding carboxylic acids is 3. The molecule has 0 aromatic heterocycles. The molecule has 47 heavy (non-hydrogen) atoms. The fourth-order valence-corrected chi connectivity index (χ4v) is 7.19. The first-order valence-electron chi connectivity index (χ1n) is 14.5. The molecule has 1 heterocycles. The number of aryl methyl sites for hydroxylation is 3. The number of thioether (sulfide) groups is 1. The van der Waals surface area contributed by atoms with Crippen molar-refractivity contribution in [3.05, 3.63) is 123 Å². The Balaban J connectivity index is 1.47. The first-order valence-corrected chi connectivity index (χ1v) is 16.9. The van der Waals surface area contributed by atoms with Gasteiger partial charge in [-0.1, -0.05) is 48.2 Å². The molecule has 0 unspecified atom stereocenters. The molecule has 0 saturated heterocycles. The van der Waals surface area contributed by atoms with Crippen LogP contribution in [0.25, 0.3) is 0 Å². The molecule has 0 atom stereocenters. The predicted molar refractivity (Wildman–Crippen MR) is 183 cm³/mol. The topological polar surface area (TPSA) is 131 Å². The summed E-state index contributed by atoms with van der Waals surface area (Å²) in [6.45, 7) is 5.75. The Hall–Kier alpha value is -5.07. The molecule has 12 heteroatoms. The van der Waals surface area contributed by atoms with E-state index < -0.39 is 33.6 Å². The molecule has 242 valence electrons. The van der Waals surface area contributed by atoms with Gasteiger partial charge in [0.15, 0.2) is 0 Å². The van der Waals surface area contributed by atoms with Gasteiger partial charge in [0.25, 0.3) is 11.8 Å². The van der Waals surface area contributed by atoms with E-state index in [1.165, 1.54) is 20.3 Å². The van der Waals surface area contributed by atoms with Crippen LogP contribution in [0.4, 0.5) is 17.1 Å². The van der Waals surface area contributed by atoms with E-state index in [1.54, 1.807) is 60.7 Å². The summed E-state index contributed by atoms with van der Waals surface area (Å²) in [5.74, 6) is -1.68. The maximum Gasteiger partial charge on any atom is 0.338 e. The monoisotopic (exact) mass is 671 g/mol. The van der Waals surface area contributed by atoms with Crippen molar-refractivity contribution >= 4 is 56.6 Å². The van der Waals surface area contributed by atoms with Crippen molar-refractivity contribution in [1.29, 1.82) is 0 Å². The fraction of sp³-hybridized carbons (Fsp3) is 0.171. The van der Waals surface area contributed by atoms with Crippen LogP contribution in [0.5, 0.6) is 5.75 Å². The lowest BCUT2D eigenvalue weighted by Gasteiger charge is -2.17. The molecule has 2 amide bonds. The molecule has 0 spiro atoms. The van der Waals surface area contributed by atoms with Gasteiger partial charge < -0.3 is 14.8 Å². The summed E-state index contributed by atoms with van der Waals surface area (Å²) in [5, 5.41) is 3.15. The predicted octanol–water partition coefficient (Wildman–Crippen LogP) is 6.34. The molecule has 1 aliphatic heterocycles. The van der Waals surface area contributed by atoms with E-state index in [0.29, 0.717) is 22.0 Å². The van der Waals surface area contributed by atoms with Crippen LogP contribution < -0.4 is 19.7 Å². The molecular weight excluding hydrogens is 639 g/mol. The number of amides is 2. The first kappa shape index (κ1) is 33.3. The van der Waals surface area contributed by atoms with Crippen LogP contribution >= 0.6 is 11.8 Å². The maximum atomic E-state index is 14.0. The zero-order valence-corrected chi connectivity index (χ0v) is 28.0. The number of carbonyl (C=O) groups is 3. The van der Waals surface area contributed by atoms with Crippen molar-refractivity contribution in [3.63, 3.8) is 0 Å². The van der Waals surface area contributed by atoms with Crippen molar-refractivity contribution in [1.82, 2.24) is 0 Å². The highest BCUT2D eigenvalue weighted by Crippen LogP contribution is 2.40. The quantitative estimate of drug-likeness (QED) is 0.139. The number of sulfonamides is 1. The van der Waals surface area contributed by atoms with Crippen LogP contribution in [0.2, 0.25) is 0 Å². The van der Waals surface area contributed by atoms with Gasteiger partial charge >= 0.3 is 5.97 Å². The summed E-state index contributed by atoms with van der Waals surface area (Å²) < 4.78 is 39.2. The zero-order valence-electron chi connectivity index (χ0n) is 26.4. The summed E-state index contributed by atoms with van der Waals surface area (Å²) in [5.41, 5.74) is 4.54. The Labute approximate surface area is 277 Å². The third-order valence-corrected chi connectivity index (χ3v) is 9.81. The van der Waals surface area contributed by atoms with E-state index in [1.807, 2.05) is 39.0 Å². The number of anilines is 3. The van der Waals surface area contributed by atoms with Crippen molar-refractivity contribution in [3.8, 4) is 5.75 Å². The van der Waals surface area contributed by atoms with Gasteiger partial charge in [-0.3, -0.25) is 14.3 Å². The number of methoxy groups -OCH3 is 2. The van der Waals surface area contributed by atoms with E-state index in [9.17, 15) is 22.8 Å². The molecule has 4 aromatic rings. The van der Waals surface area contributed by atoms with Gasteiger partial charge in [-0.15, -0.1) is 0 Å². The Kier molecular flexibility index (Phi) is 9.73. The molecule has 0 saturated carbocycles. The molecule has 5 rings (SSSR count). The molecular formula is C35H33N3O7S2. The average Bonchev–Trinajstić information content (AvgIpc) is 3.26. The molecule has 1 aliphatic rings. The highest BCUT2D eigenvalue weighted by Gasteiger charge is 2.40. The first-order chi connectivity index (χ1) is 22.4. The van der Waals surface area contributed by atoms with Gasteiger partial charge in [0.2, 0.25) is 10.0 Å². The Morgan fingerprint density at radius 1 is 0.851 bits per heavy atom. The molecule has 4 aromatic carbocycles. The van der Waals surface area contributed by atoms with Crippen molar-refractivity contribution in [2.24, 2.45) is 0 Å². The second kappa shape index (κ2) is 13.7. The summed E-state index contributed by atoms with van der Waals surface area (Å²) in [4.78, 5) is 41.8. The number of hydrogen-bond acceptors (Lipinski definition) is 9.